The highest BCUT2D eigenvalue weighted by Gasteiger charge is 2.23. The summed E-state index contributed by atoms with van der Waals surface area (Å²) >= 11 is 0. The molecule has 1 fully saturated rings. The summed E-state index contributed by atoms with van der Waals surface area (Å²) in [7, 11) is -2.79. The Kier molecular flexibility index (Phi) is 3.72. The van der Waals surface area contributed by atoms with Crippen molar-refractivity contribution in [1.82, 2.24) is 10.3 Å². The standard InChI is InChI=1S/C15H18N2O2S/c18-20(19)7-5-14(6-8-20)17-11-13-10-16-9-12-3-1-2-4-15(12)13/h1-4,9-10,14,17H,5-8,11H2. The molecule has 0 unspecified atom stereocenters. The van der Waals surface area contributed by atoms with Crippen molar-refractivity contribution in [2.24, 2.45) is 0 Å². The number of hydrogen-bond acceptors (Lipinski definition) is 4. The number of nitrogens with one attached hydrogen (secondary N) is 1. The van der Waals surface area contributed by atoms with E-state index >= 15 is 0 Å². The minimum Gasteiger partial charge on any atom is -0.310 e. The molecule has 1 aliphatic heterocycles. The van der Waals surface area contributed by atoms with Crippen molar-refractivity contribution in [2.45, 2.75) is 25.4 Å². The monoisotopic (exact) mass is 290 g/mol. The summed E-state index contributed by atoms with van der Waals surface area (Å²) in [6, 6.07) is 8.47. The SMILES string of the molecule is O=S1(=O)CCC(NCc2cncc3ccccc23)CC1. The molecule has 0 aliphatic carbocycles. The predicted molar refractivity (Wildman–Crippen MR) is 80.3 cm³/mol. The highest BCUT2D eigenvalue weighted by Crippen LogP contribution is 2.18. The van der Waals surface area contributed by atoms with E-state index in [0.717, 1.165) is 17.5 Å². The van der Waals surface area contributed by atoms with E-state index < -0.39 is 9.84 Å². The van der Waals surface area contributed by atoms with Crippen molar-refractivity contribution in [3.05, 3.63) is 42.2 Å². The summed E-state index contributed by atoms with van der Waals surface area (Å²) in [6.45, 7) is 0.735. The highest BCUT2D eigenvalue weighted by molar-refractivity contribution is 7.91. The summed E-state index contributed by atoms with van der Waals surface area (Å²) < 4.78 is 22.8. The first-order valence-electron chi connectivity index (χ1n) is 6.89. The maximum atomic E-state index is 11.4. The third-order valence-corrected chi connectivity index (χ3v) is 5.60. The summed E-state index contributed by atoms with van der Waals surface area (Å²) in [4.78, 5) is 4.26. The van der Waals surface area contributed by atoms with Gasteiger partial charge in [0.05, 0.1) is 11.5 Å². The number of pyridine rings is 1. The van der Waals surface area contributed by atoms with Gasteiger partial charge < -0.3 is 5.32 Å². The van der Waals surface area contributed by atoms with Crippen LogP contribution in [0.4, 0.5) is 0 Å². The molecule has 4 nitrogen and oxygen atoms in total. The molecular formula is C15H18N2O2S. The molecule has 0 radical (unpaired) electrons. The Bertz CT molecular complexity index is 693. The molecule has 20 heavy (non-hydrogen) atoms. The van der Waals surface area contributed by atoms with E-state index in [0.29, 0.717) is 24.3 Å². The molecule has 2 aromatic rings. The minimum absolute atomic E-state index is 0.289. The summed E-state index contributed by atoms with van der Waals surface area (Å²) in [5.41, 5.74) is 1.16. The lowest BCUT2D eigenvalue weighted by molar-refractivity contribution is 0.463. The van der Waals surface area contributed by atoms with Crippen LogP contribution in [-0.2, 0) is 16.4 Å². The number of nitrogens with zero attached hydrogens (tertiary/aromatic N) is 1. The van der Waals surface area contributed by atoms with Crippen LogP contribution in [0.3, 0.4) is 0 Å². The third kappa shape index (κ3) is 2.99. The second-order valence-electron chi connectivity index (χ2n) is 5.33. The van der Waals surface area contributed by atoms with Crippen molar-refractivity contribution < 1.29 is 8.42 Å². The Hall–Kier alpha value is -1.46. The van der Waals surface area contributed by atoms with Crippen LogP contribution in [0.5, 0.6) is 0 Å². The first-order valence-corrected chi connectivity index (χ1v) is 8.72. The Labute approximate surface area is 119 Å². The van der Waals surface area contributed by atoms with Crippen molar-refractivity contribution in [1.29, 1.82) is 0 Å². The molecule has 0 spiro atoms. The smallest absolute Gasteiger partial charge is 0.150 e. The predicted octanol–water partition coefficient (Wildman–Crippen LogP) is 1.90. The van der Waals surface area contributed by atoms with Crippen LogP contribution in [0.1, 0.15) is 18.4 Å². The Balaban J connectivity index is 1.69. The molecule has 0 atom stereocenters. The fourth-order valence-corrected chi connectivity index (χ4v) is 4.16. The zero-order chi connectivity index (χ0) is 14.0. The van der Waals surface area contributed by atoms with Gasteiger partial charge in [0, 0.05) is 30.4 Å². The summed E-state index contributed by atoms with van der Waals surface area (Å²) in [6.07, 6.45) is 5.17. The van der Waals surface area contributed by atoms with Gasteiger partial charge in [-0.25, -0.2) is 8.42 Å². The highest BCUT2D eigenvalue weighted by atomic mass is 32.2. The number of sulfone groups is 1. The second-order valence-corrected chi connectivity index (χ2v) is 7.63. The normalized spacial score (nSPS) is 19.2. The maximum Gasteiger partial charge on any atom is 0.150 e. The van der Waals surface area contributed by atoms with Gasteiger partial charge in [0.1, 0.15) is 9.84 Å². The average Bonchev–Trinajstić information content (AvgIpc) is 2.46. The Morgan fingerprint density at radius 1 is 1.15 bits per heavy atom. The summed E-state index contributed by atoms with van der Waals surface area (Å²) in [5.74, 6) is 0.608. The first-order chi connectivity index (χ1) is 9.64. The minimum atomic E-state index is -2.79. The zero-order valence-corrected chi connectivity index (χ0v) is 12.1. The molecule has 106 valence electrons. The zero-order valence-electron chi connectivity index (χ0n) is 11.2. The number of rotatable bonds is 3. The largest absolute Gasteiger partial charge is 0.310 e. The molecule has 1 aromatic carbocycles. The molecule has 1 aromatic heterocycles. The Morgan fingerprint density at radius 2 is 1.90 bits per heavy atom. The Morgan fingerprint density at radius 3 is 2.70 bits per heavy atom. The van der Waals surface area contributed by atoms with Crippen LogP contribution in [0.25, 0.3) is 10.8 Å². The van der Waals surface area contributed by atoms with Gasteiger partial charge in [-0.15, -0.1) is 0 Å². The van der Waals surface area contributed by atoms with Gasteiger partial charge in [-0.2, -0.15) is 0 Å². The third-order valence-electron chi connectivity index (χ3n) is 3.89. The van der Waals surface area contributed by atoms with Crippen LogP contribution in [0, 0.1) is 0 Å². The topological polar surface area (TPSA) is 59.1 Å². The van der Waals surface area contributed by atoms with Crippen LogP contribution in [0.2, 0.25) is 0 Å². The molecule has 1 N–H and O–H groups in total. The second kappa shape index (κ2) is 5.50. The van der Waals surface area contributed by atoms with E-state index in [2.05, 4.69) is 22.4 Å². The van der Waals surface area contributed by atoms with Gasteiger partial charge in [0.15, 0.2) is 0 Å². The molecule has 2 heterocycles. The van der Waals surface area contributed by atoms with Gasteiger partial charge in [-0.1, -0.05) is 24.3 Å². The van der Waals surface area contributed by atoms with Crippen LogP contribution in [0.15, 0.2) is 36.7 Å². The molecule has 0 amide bonds. The maximum absolute atomic E-state index is 11.4. The van der Waals surface area contributed by atoms with Crippen LogP contribution in [-0.4, -0.2) is 30.9 Å². The fourth-order valence-electron chi connectivity index (χ4n) is 2.67. The van der Waals surface area contributed by atoms with Crippen molar-refractivity contribution in [3.63, 3.8) is 0 Å². The van der Waals surface area contributed by atoms with Gasteiger partial charge in [-0.05, 0) is 23.8 Å². The van der Waals surface area contributed by atoms with Crippen molar-refractivity contribution in [2.75, 3.05) is 11.5 Å². The fraction of sp³-hybridized carbons (Fsp3) is 0.400. The van der Waals surface area contributed by atoms with Gasteiger partial charge in [-0.3, -0.25) is 4.98 Å². The lowest BCUT2D eigenvalue weighted by atomic mass is 10.1. The quantitative estimate of drug-likeness (QED) is 0.938. The number of hydrogen-bond donors (Lipinski definition) is 1. The molecule has 0 saturated carbocycles. The van der Waals surface area contributed by atoms with Crippen molar-refractivity contribution >= 4 is 20.6 Å². The van der Waals surface area contributed by atoms with E-state index in [1.54, 1.807) is 0 Å². The van der Waals surface area contributed by atoms with Crippen molar-refractivity contribution in [3.8, 4) is 0 Å². The summed E-state index contributed by atoms with van der Waals surface area (Å²) in [5, 5.41) is 5.81. The van der Waals surface area contributed by atoms with Gasteiger partial charge in [0.25, 0.3) is 0 Å². The molecule has 0 bridgehead atoms. The lowest BCUT2D eigenvalue weighted by Crippen LogP contribution is -2.37. The number of fused-ring (bicyclic) bond motifs is 1. The molecule has 5 heteroatoms. The molecule has 1 saturated heterocycles. The van der Waals surface area contributed by atoms with Crippen LogP contribution >= 0.6 is 0 Å². The van der Waals surface area contributed by atoms with E-state index in [1.807, 2.05) is 24.5 Å². The molecule has 3 rings (SSSR count). The van der Waals surface area contributed by atoms with E-state index in [-0.39, 0.29) is 6.04 Å². The van der Waals surface area contributed by atoms with E-state index in [9.17, 15) is 8.42 Å². The van der Waals surface area contributed by atoms with Gasteiger partial charge >= 0.3 is 0 Å². The van der Waals surface area contributed by atoms with E-state index in [4.69, 9.17) is 0 Å². The number of aromatic nitrogens is 1. The average molecular weight is 290 g/mol. The molecule has 1 aliphatic rings. The van der Waals surface area contributed by atoms with Gasteiger partial charge in [0.2, 0.25) is 0 Å². The number of benzene rings is 1. The lowest BCUT2D eigenvalue weighted by Gasteiger charge is -2.23. The molecular weight excluding hydrogens is 272 g/mol. The van der Waals surface area contributed by atoms with E-state index in [1.165, 1.54) is 5.39 Å². The first kappa shape index (κ1) is 13.5. The van der Waals surface area contributed by atoms with Crippen LogP contribution < -0.4 is 5.32 Å².